The summed E-state index contributed by atoms with van der Waals surface area (Å²) in [6.07, 6.45) is 8.61. The average Bonchev–Trinajstić information content (AvgIpc) is 3.25. The third kappa shape index (κ3) is 3.40. The molecule has 0 saturated carbocycles. The van der Waals surface area contributed by atoms with E-state index in [9.17, 15) is 9.59 Å². The Kier molecular flexibility index (Phi) is 4.61. The van der Waals surface area contributed by atoms with Gasteiger partial charge in [-0.25, -0.2) is 0 Å². The number of rotatable bonds is 3. The van der Waals surface area contributed by atoms with Crippen molar-refractivity contribution in [2.45, 2.75) is 25.7 Å². The van der Waals surface area contributed by atoms with Gasteiger partial charge in [-0.3, -0.25) is 9.59 Å². The second-order valence-corrected chi connectivity index (χ2v) is 5.98. The standard InChI is InChI=1S/C17H22N2O3/c20-16(6-5-15-4-3-13-22-15)18-11-7-14(8-12-18)17(21)19-9-1-2-10-19/h3-6,13-14H,1-2,7-12H2. The van der Waals surface area contributed by atoms with Gasteiger partial charge in [0.2, 0.25) is 11.8 Å². The molecule has 0 spiro atoms. The summed E-state index contributed by atoms with van der Waals surface area (Å²) in [6.45, 7) is 3.13. The highest BCUT2D eigenvalue weighted by Gasteiger charge is 2.30. The molecule has 0 aliphatic carbocycles. The lowest BCUT2D eigenvalue weighted by molar-refractivity contribution is -0.138. The minimum atomic E-state index is -0.0107. The number of carbonyl (C=O) groups excluding carboxylic acids is 2. The molecule has 22 heavy (non-hydrogen) atoms. The van der Waals surface area contributed by atoms with Crippen LogP contribution in [0.2, 0.25) is 0 Å². The van der Waals surface area contributed by atoms with Crippen LogP contribution in [0.4, 0.5) is 0 Å². The lowest BCUT2D eigenvalue weighted by Crippen LogP contribution is -2.43. The molecule has 0 N–H and O–H groups in total. The molecular formula is C17H22N2O3. The van der Waals surface area contributed by atoms with Crippen LogP contribution in [-0.4, -0.2) is 47.8 Å². The van der Waals surface area contributed by atoms with Crippen molar-refractivity contribution < 1.29 is 14.0 Å². The number of amides is 2. The molecule has 2 amide bonds. The van der Waals surface area contributed by atoms with Gasteiger partial charge < -0.3 is 14.2 Å². The van der Waals surface area contributed by atoms with Crippen molar-refractivity contribution in [3.05, 3.63) is 30.2 Å². The highest BCUT2D eigenvalue weighted by atomic mass is 16.3. The minimum absolute atomic E-state index is 0.0107. The van der Waals surface area contributed by atoms with Crippen LogP contribution in [0.1, 0.15) is 31.4 Å². The molecule has 0 atom stereocenters. The number of piperidine rings is 1. The van der Waals surface area contributed by atoms with Gasteiger partial charge in [-0.1, -0.05) is 0 Å². The average molecular weight is 302 g/mol. The molecule has 1 aromatic rings. The van der Waals surface area contributed by atoms with Crippen LogP contribution in [0.15, 0.2) is 28.9 Å². The first kappa shape index (κ1) is 14.9. The molecule has 0 bridgehead atoms. The quantitative estimate of drug-likeness (QED) is 0.804. The van der Waals surface area contributed by atoms with Gasteiger partial charge in [0, 0.05) is 38.2 Å². The van der Waals surface area contributed by atoms with Crippen LogP contribution >= 0.6 is 0 Å². The molecule has 5 nitrogen and oxygen atoms in total. The smallest absolute Gasteiger partial charge is 0.246 e. The first-order valence-corrected chi connectivity index (χ1v) is 8.03. The van der Waals surface area contributed by atoms with E-state index in [2.05, 4.69) is 0 Å². The summed E-state index contributed by atoms with van der Waals surface area (Å²) < 4.78 is 5.17. The molecule has 0 radical (unpaired) electrons. The van der Waals surface area contributed by atoms with Crippen molar-refractivity contribution in [2.75, 3.05) is 26.2 Å². The highest BCUT2D eigenvalue weighted by molar-refractivity contribution is 5.91. The molecule has 0 aromatic carbocycles. The van der Waals surface area contributed by atoms with Crippen LogP contribution in [-0.2, 0) is 9.59 Å². The predicted molar refractivity (Wildman–Crippen MR) is 82.9 cm³/mol. The maximum absolute atomic E-state index is 12.4. The van der Waals surface area contributed by atoms with E-state index < -0.39 is 0 Å². The third-order valence-electron chi connectivity index (χ3n) is 4.51. The van der Waals surface area contributed by atoms with E-state index in [1.54, 1.807) is 24.5 Å². The number of likely N-dealkylation sites (tertiary alicyclic amines) is 2. The predicted octanol–water partition coefficient (Wildman–Crippen LogP) is 2.15. The molecule has 2 saturated heterocycles. The Morgan fingerprint density at radius 3 is 2.45 bits per heavy atom. The third-order valence-corrected chi connectivity index (χ3v) is 4.51. The molecule has 2 fully saturated rings. The molecular weight excluding hydrogens is 280 g/mol. The summed E-state index contributed by atoms with van der Waals surface area (Å²) >= 11 is 0. The molecule has 3 rings (SSSR count). The fourth-order valence-electron chi connectivity index (χ4n) is 3.19. The van der Waals surface area contributed by atoms with Crippen LogP contribution in [0, 0.1) is 5.92 Å². The first-order chi connectivity index (χ1) is 10.7. The molecule has 3 heterocycles. The van der Waals surface area contributed by atoms with Gasteiger partial charge in [0.25, 0.3) is 0 Å². The monoisotopic (exact) mass is 302 g/mol. The fraction of sp³-hybridized carbons (Fsp3) is 0.529. The Hall–Kier alpha value is -2.04. The second-order valence-electron chi connectivity index (χ2n) is 5.98. The zero-order valence-corrected chi connectivity index (χ0v) is 12.7. The zero-order chi connectivity index (χ0) is 15.4. The number of hydrogen-bond acceptors (Lipinski definition) is 3. The number of hydrogen-bond donors (Lipinski definition) is 0. The van der Waals surface area contributed by atoms with Crippen LogP contribution < -0.4 is 0 Å². The van der Waals surface area contributed by atoms with Gasteiger partial charge in [-0.05, 0) is 43.9 Å². The van der Waals surface area contributed by atoms with E-state index >= 15 is 0 Å². The normalized spacial score (nSPS) is 20.0. The molecule has 118 valence electrons. The summed E-state index contributed by atoms with van der Waals surface area (Å²) in [5, 5.41) is 0. The van der Waals surface area contributed by atoms with E-state index in [1.165, 1.54) is 0 Å². The van der Waals surface area contributed by atoms with Gasteiger partial charge >= 0.3 is 0 Å². The largest absolute Gasteiger partial charge is 0.465 e. The molecule has 5 heteroatoms. The Morgan fingerprint density at radius 2 is 1.82 bits per heavy atom. The van der Waals surface area contributed by atoms with Crippen molar-refractivity contribution in [3.8, 4) is 0 Å². The lowest BCUT2D eigenvalue weighted by Gasteiger charge is -2.32. The van der Waals surface area contributed by atoms with Crippen molar-refractivity contribution in [1.82, 2.24) is 9.80 Å². The molecule has 0 unspecified atom stereocenters. The van der Waals surface area contributed by atoms with Gasteiger partial charge in [0.05, 0.1) is 6.26 Å². The SMILES string of the molecule is O=C(C=Cc1ccco1)N1CCC(C(=O)N2CCCC2)CC1. The van der Waals surface area contributed by atoms with Gasteiger partial charge in [0.1, 0.15) is 5.76 Å². The maximum atomic E-state index is 12.4. The minimum Gasteiger partial charge on any atom is -0.465 e. The highest BCUT2D eigenvalue weighted by Crippen LogP contribution is 2.22. The van der Waals surface area contributed by atoms with Gasteiger partial charge in [-0.2, -0.15) is 0 Å². The van der Waals surface area contributed by atoms with E-state index in [4.69, 9.17) is 4.42 Å². The number of furan rings is 1. The Morgan fingerprint density at radius 1 is 1.09 bits per heavy atom. The second kappa shape index (κ2) is 6.81. The topological polar surface area (TPSA) is 53.8 Å². The number of carbonyl (C=O) groups is 2. The number of nitrogens with zero attached hydrogens (tertiary/aromatic N) is 2. The van der Waals surface area contributed by atoms with Crippen molar-refractivity contribution >= 4 is 17.9 Å². The summed E-state index contributed by atoms with van der Waals surface area (Å²) in [4.78, 5) is 28.3. The van der Waals surface area contributed by atoms with Crippen LogP contribution in [0.5, 0.6) is 0 Å². The lowest BCUT2D eigenvalue weighted by atomic mass is 9.95. The zero-order valence-electron chi connectivity index (χ0n) is 12.7. The molecule has 1 aromatic heterocycles. The van der Waals surface area contributed by atoms with E-state index in [-0.39, 0.29) is 17.7 Å². The summed E-state index contributed by atoms with van der Waals surface area (Å²) in [5.74, 6) is 1.04. The Bertz CT molecular complexity index is 536. The summed E-state index contributed by atoms with van der Waals surface area (Å²) in [5.41, 5.74) is 0. The van der Waals surface area contributed by atoms with E-state index in [0.29, 0.717) is 18.8 Å². The summed E-state index contributed by atoms with van der Waals surface area (Å²) in [6, 6.07) is 3.60. The molecule has 2 aliphatic heterocycles. The Balaban J connectivity index is 1.48. The van der Waals surface area contributed by atoms with Crippen molar-refractivity contribution in [1.29, 1.82) is 0 Å². The fourth-order valence-corrected chi connectivity index (χ4v) is 3.19. The molecule has 2 aliphatic rings. The Labute approximate surface area is 130 Å². The maximum Gasteiger partial charge on any atom is 0.246 e. The van der Waals surface area contributed by atoms with Gasteiger partial charge in [-0.15, -0.1) is 0 Å². The summed E-state index contributed by atoms with van der Waals surface area (Å²) in [7, 11) is 0. The van der Waals surface area contributed by atoms with Gasteiger partial charge in [0.15, 0.2) is 0 Å². The van der Waals surface area contributed by atoms with Crippen molar-refractivity contribution in [3.63, 3.8) is 0 Å². The van der Waals surface area contributed by atoms with Crippen molar-refractivity contribution in [2.24, 2.45) is 5.92 Å². The van der Waals surface area contributed by atoms with Crippen LogP contribution in [0.3, 0.4) is 0 Å². The first-order valence-electron chi connectivity index (χ1n) is 8.03. The van der Waals surface area contributed by atoms with Crippen LogP contribution in [0.25, 0.3) is 6.08 Å². The van der Waals surface area contributed by atoms with E-state index in [1.807, 2.05) is 15.9 Å². The van der Waals surface area contributed by atoms with E-state index in [0.717, 1.165) is 38.8 Å².